The summed E-state index contributed by atoms with van der Waals surface area (Å²) in [6.07, 6.45) is 4.43. The molecule has 40 heavy (non-hydrogen) atoms. The molecule has 1 aromatic carbocycles. The van der Waals surface area contributed by atoms with Gasteiger partial charge in [0.05, 0.1) is 23.6 Å². The number of likely N-dealkylation sites (tertiary alicyclic amines) is 1. The molecule has 0 spiro atoms. The highest BCUT2D eigenvalue weighted by Gasteiger charge is 2.28. The number of nitrogens with zero attached hydrogens (tertiary/aromatic N) is 5. The molecule has 210 valence electrons. The van der Waals surface area contributed by atoms with Gasteiger partial charge < -0.3 is 15.0 Å². The summed E-state index contributed by atoms with van der Waals surface area (Å²) in [5, 5.41) is 8.88. The Morgan fingerprint density at radius 3 is 2.48 bits per heavy atom. The van der Waals surface area contributed by atoms with Crippen LogP contribution in [0.25, 0.3) is 22.0 Å². The number of amides is 1. The molecular weight excluding hydrogens is 507 g/mol. The Morgan fingerprint density at radius 2 is 1.82 bits per heavy atom. The predicted molar refractivity (Wildman–Crippen MR) is 155 cm³/mol. The van der Waals surface area contributed by atoms with Crippen LogP contribution in [0.4, 0.5) is 20.7 Å². The molecule has 1 amide bonds. The van der Waals surface area contributed by atoms with Gasteiger partial charge in [-0.2, -0.15) is 5.10 Å². The smallest absolute Gasteiger partial charge is 0.410 e. The van der Waals surface area contributed by atoms with Crippen molar-refractivity contribution < 1.29 is 13.9 Å². The Kier molecular flexibility index (Phi) is 7.49. The first-order valence-electron chi connectivity index (χ1n) is 13.8. The highest BCUT2D eigenvalue weighted by molar-refractivity contribution is 5.87. The lowest BCUT2D eigenvalue weighted by molar-refractivity contribution is 0.0204. The summed E-state index contributed by atoms with van der Waals surface area (Å²) in [6.45, 7) is 11.2. The van der Waals surface area contributed by atoms with E-state index in [9.17, 15) is 9.18 Å². The van der Waals surface area contributed by atoms with E-state index in [1.54, 1.807) is 17.2 Å². The zero-order valence-corrected chi connectivity index (χ0v) is 24.0. The van der Waals surface area contributed by atoms with Gasteiger partial charge in [0.2, 0.25) is 0 Å². The first-order chi connectivity index (χ1) is 19.0. The van der Waals surface area contributed by atoms with Crippen LogP contribution >= 0.6 is 0 Å². The quantitative estimate of drug-likeness (QED) is 0.287. The minimum atomic E-state index is -0.497. The van der Waals surface area contributed by atoms with Gasteiger partial charge in [-0.3, -0.25) is 9.67 Å². The molecule has 4 heterocycles. The minimum absolute atomic E-state index is 0.259. The van der Waals surface area contributed by atoms with Gasteiger partial charge in [-0.1, -0.05) is 19.9 Å². The lowest BCUT2D eigenvalue weighted by Gasteiger charge is -2.33. The lowest BCUT2D eigenvalue weighted by Crippen LogP contribution is -2.41. The van der Waals surface area contributed by atoms with Crippen molar-refractivity contribution in [3.05, 3.63) is 66.0 Å². The van der Waals surface area contributed by atoms with E-state index in [4.69, 9.17) is 4.74 Å². The maximum absolute atomic E-state index is 14.9. The average Bonchev–Trinajstić information content (AvgIpc) is 3.24. The fraction of sp³-hybridized carbons (Fsp3) is 0.419. The Labute approximate surface area is 234 Å². The van der Waals surface area contributed by atoms with Gasteiger partial charge >= 0.3 is 6.09 Å². The van der Waals surface area contributed by atoms with Crippen molar-refractivity contribution in [3.8, 4) is 11.1 Å². The number of aromatic nitrogens is 4. The minimum Gasteiger partial charge on any atom is -0.444 e. The first kappa shape index (κ1) is 27.6. The maximum Gasteiger partial charge on any atom is 0.410 e. The molecule has 0 atom stereocenters. The highest BCUT2D eigenvalue weighted by Crippen LogP contribution is 2.33. The average molecular weight is 545 g/mol. The van der Waals surface area contributed by atoms with Gasteiger partial charge in [0.25, 0.3) is 0 Å². The van der Waals surface area contributed by atoms with Gasteiger partial charge in [-0.25, -0.2) is 14.2 Å². The van der Waals surface area contributed by atoms with Crippen molar-refractivity contribution >= 4 is 28.5 Å². The van der Waals surface area contributed by atoms with Crippen LogP contribution in [0.1, 0.15) is 70.7 Å². The maximum atomic E-state index is 14.9. The molecule has 4 aromatic rings. The molecule has 0 saturated carbocycles. The zero-order chi connectivity index (χ0) is 28.6. The van der Waals surface area contributed by atoms with E-state index in [0.29, 0.717) is 24.5 Å². The van der Waals surface area contributed by atoms with Gasteiger partial charge in [-0.15, -0.1) is 0 Å². The van der Waals surface area contributed by atoms with Crippen molar-refractivity contribution in [1.82, 2.24) is 24.6 Å². The number of carbonyl (C=O) groups is 1. The van der Waals surface area contributed by atoms with Crippen LogP contribution in [0.15, 0.2) is 48.8 Å². The number of piperidine rings is 1. The second-order valence-electron chi connectivity index (χ2n) is 11.8. The molecule has 1 fully saturated rings. The topological polar surface area (TPSA) is 85.2 Å². The number of aryl methyl sites for hydroxylation is 1. The summed E-state index contributed by atoms with van der Waals surface area (Å²) >= 11 is 0. The number of carbonyl (C=O) groups excluding carboxylic acids is 1. The fourth-order valence-electron chi connectivity index (χ4n) is 5.35. The molecule has 0 radical (unpaired) electrons. The number of hydrogen-bond donors (Lipinski definition) is 1. The Hall–Kier alpha value is -4.01. The zero-order valence-electron chi connectivity index (χ0n) is 24.0. The van der Waals surface area contributed by atoms with E-state index in [2.05, 4.69) is 34.2 Å². The standard InChI is InChI=1S/C31H37FN6O2/c1-19(2)29-24-15-21(7-9-27(24)36-37(29)6)23-16-28(34-18-25(23)32)35-22-8-10-26(33-17-22)20-11-13-38(14-12-20)30(39)40-31(3,4)5/h7-10,15-20H,11-14H2,1-6H3,(H,34,35). The third-order valence-corrected chi connectivity index (χ3v) is 7.22. The number of rotatable bonds is 5. The van der Waals surface area contributed by atoms with Gasteiger partial charge in [0.1, 0.15) is 17.2 Å². The molecule has 1 saturated heterocycles. The molecule has 1 aliphatic rings. The molecule has 1 aliphatic heterocycles. The molecule has 5 rings (SSSR count). The van der Waals surface area contributed by atoms with Crippen LogP contribution < -0.4 is 5.32 Å². The van der Waals surface area contributed by atoms with E-state index in [1.165, 1.54) is 6.20 Å². The third-order valence-electron chi connectivity index (χ3n) is 7.22. The van der Waals surface area contributed by atoms with Crippen LogP contribution in [0.5, 0.6) is 0 Å². The van der Waals surface area contributed by atoms with Crippen LogP contribution in [0.3, 0.4) is 0 Å². The van der Waals surface area contributed by atoms with E-state index in [0.717, 1.165) is 46.4 Å². The Balaban J connectivity index is 1.28. The molecule has 0 bridgehead atoms. The fourth-order valence-corrected chi connectivity index (χ4v) is 5.35. The first-order valence-corrected chi connectivity index (χ1v) is 13.8. The van der Waals surface area contributed by atoms with Crippen LogP contribution in [-0.4, -0.2) is 49.4 Å². The van der Waals surface area contributed by atoms with Gasteiger partial charge in [0, 0.05) is 48.4 Å². The van der Waals surface area contributed by atoms with E-state index in [1.807, 2.05) is 62.8 Å². The van der Waals surface area contributed by atoms with Gasteiger partial charge in [-0.05, 0) is 75.4 Å². The predicted octanol–water partition coefficient (Wildman–Crippen LogP) is 7.15. The highest BCUT2D eigenvalue weighted by atomic mass is 19.1. The number of anilines is 2. The molecule has 3 aromatic heterocycles. The van der Waals surface area contributed by atoms with Gasteiger partial charge in [0.15, 0.2) is 0 Å². The normalized spacial score (nSPS) is 14.7. The molecule has 9 heteroatoms. The molecule has 8 nitrogen and oxygen atoms in total. The van der Waals surface area contributed by atoms with Crippen LogP contribution in [-0.2, 0) is 11.8 Å². The SMILES string of the molecule is CC(C)c1c2cc(-c3cc(Nc4ccc(C5CCN(C(=O)OC(C)(C)C)CC5)nc4)ncc3F)ccc2nn1C. The van der Waals surface area contributed by atoms with E-state index in [-0.39, 0.29) is 23.7 Å². The van der Waals surface area contributed by atoms with Crippen molar-refractivity contribution in [1.29, 1.82) is 0 Å². The van der Waals surface area contributed by atoms with E-state index >= 15 is 0 Å². The Bertz CT molecular complexity index is 1520. The monoisotopic (exact) mass is 544 g/mol. The summed E-state index contributed by atoms with van der Waals surface area (Å²) in [6, 6.07) is 11.5. The summed E-state index contributed by atoms with van der Waals surface area (Å²) in [5.41, 5.74) is 4.52. The summed E-state index contributed by atoms with van der Waals surface area (Å²) in [7, 11) is 1.94. The summed E-state index contributed by atoms with van der Waals surface area (Å²) in [5.74, 6) is 0.720. The lowest BCUT2D eigenvalue weighted by atomic mass is 9.93. The Morgan fingerprint density at radius 1 is 1.07 bits per heavy atom. The number of pyridine rings is 2. The number of fused-ring (bicyclic) bond motifs is 1. The third kappa shape index (κ3) is 5.93. The van der Waals surface area contributed by atoms with Crippen LogP contribution in [0, 0.1) is 5.82 Å². The molecule has 1 N–H and O–H groups in total. The summed E-state index contributed by atoms with van der Waals surface area (Å²) < 4.78 is 22.3. The number of nitrogens with one attached hydrogen (secondary N) is 1. The number of ether oxygens (including phenoxy) is 1. The number of benzene rings is 1. The molecular formula is C31H37FN6O2. The van der Waals surface area contributed by atoms with E-state index < -0.39 is 5.60 Å². The molecule has 0 aliphatic carbocycles. The summed E-state index contributed by atoms with van der Waals surface area (Å²) in [4.78, 5) is 23.1. The van der Waals surface area contributed by atoms with Crippen molar-refractivity contribution in [2.45, 2.75) is 64.9 Å². The largest absolute Gasteiger partial charge is 0.444 e. The van der Waals surface area contributed by atoms with Crippen molar-refractivity contribution in [2.75, 3.05) is 18.4 Å². The second kappa shape index (κ2) is 10.9. The number of halogens is 1. The second-order valence-corrected chi connectivity index (χ2v) is 11.8. The van der Waals surface area contributed by atoms with Crippen molar-refractivity contribution in [2.24, 2.45) is 7.05 Å². The molecule has 0 unspecified atom stereocenters. The number of hydrogen-bond acceptors (Lipinski definition) is 6. The van der Waals surface area contributed by atoms with Crippen LogP contribution in [0.2, 0.25) is 0 Å². The van der Waals surface area contributed by atoms with Crippen molar-refractivity contribution in [3.63, 3.8) is 0 Å².